The number of nitrogens with one attached hydrogen (secondary N) is 1. The van der Waals surface area contributed by atoms with E-state index in [1.165, 1.54) is 11.3 Å². The van der Waals surface area contributed by atoms with Crippen LogP contribution in [-0.4, -0.2) is 11.4 Å². The number of thiophene rings is 1. The number of hydrogen-bond acceptors (Lipinski definition) is 2. The van der Waals surface area contributed by atoms with Gasteiger partial charge in [-0.1, -0.05) is 27.7 Å². The summed E-state index contributed by atoms with van der Waals surface area (Å²) >= 11 is 1.53. The Morgan fingerprint density at radius 2 is 1.89 bits per heavy atom. The van der Waals surface area contributed by atoms with Crippen LogP contribution in [0.4, 0.5) is 0 Å². The standard InChI is InChI=1S/C15H25NOS/c1-7-11-8-9-18-12(11)13(17)16-15(5,6)10-14(2,3)4/h8-9H,7,10H2,1-6H3,(H,16,17). The van der Waals surface area contributed by atoms with Gasteiger partial charge in [0.05, 0.1) is 4.88 Å². The van der Waals surface area contributed by atoms with E-state index < -0.39 is 0 Å². The van der Waals surface area contributed by atoms with Gasteiger partial charge in [0.1, 0.15) is 0 Å². The number of carbonyl (C=O) groups excluding carboxylic acids is 1. The molecule has 2 nitrogen and oxygen atoms in total. The lowest BCUT2D eigenvalue weighted by Crippen LogP contribution is -2.45. The first-order valence-electron chi connectivity index (χ1n) is 6.53. The molecule has 1 aromatic rings. The lowest BCUT2D eigenvalue weighted by molar-refractivity contribution is 0.0895. The maximum Gasteiger partial charge on any atom is 0.262 e. The summed E-state index contributed by atoms with van der Waals surface area (Å²) in [6.45, 7) is 12.9. The van der Waals surface area contributed by atoms with Crippen molar-refractivity contribution in [3.05, 3.63) is 21.9 Å². The molecule has 1 amide bonds. The van der Waals surface area contributed by atoms with Crippen LogP contribution in [0.5, 0.6) is 0 Å². The molecule has 0 fully saturated rings. The van der Waals surface area contributed by atoms with Crippen LogP contribution in [0.2, 0.25) is 0 Å². The van der Waals surface area contributed by atoms with E-state index in [0.29, 0.717) is 0 Å². The molecule has 102 valence electrons. The summed E-state index contributed by atoms with van der Waals surface area (Å²) in [5.41, 5.74) is 1.17. The van der Waals surface area contributed by atoms with E-state index in [1.54, 1.807) is 0 Å². The van der Waals surface area contributed by atoms with Crippen LogP contribution in [0.3, 0.4) is 0 Å². The molecular formula is C15H25NOS. The maximum absolute atomic E-state index is 12.3. The molecule has 0 aliphatic rings. The zero-order valence-corrected chi connectivity index (χ0v) is 13.2. The largest absolute Gasteiger partial charge is 0.346 e. The number of aryl methyl sites for hydroxylation is 1. The van der Waals surface area contributed by atoms with E-state index in [4.69, 9.17) is 0 Å². The fourth-order valence-corrected chi connectivity index (χ4v) is 3.44. The van der Waals surface area contributed by atoms with Crippen LogP contribution in [0.15, 0.2) is 11.4 Å². The quantitative estimate of drug-likeness (QED) is 0.868. The lowest BCUT2D eigenvalue weighted by atomic mass is 9.82. The number of hydrogen-bond donors (Lipinski definition) is 1. The van der Waals surface area contributed by atoms with Crippen molar-refractivity contribution in [2.75, 3.05) is 0 Å². The molecule has 0 spiro atoms. The van der Waals surface area contributed by atoms with Crippen molar-refractivity contribution in [3.63, 3.8) is 0 Å². The van der Waals surface area contributed by atoms with Gasteiger partial charge < -0.3 is 5.32 Å². The Hall–Kier alpha value is -0.830. The van der Waals surface area contributed by atoms with E-state index in [0.717, 1.165) is 23.3 Å². The Balaban J connectivity index is 2.76. The average molecular weight is 267 g/mol. The Kier molecular flexibility index (Phi) is 4.60. The molecule has 0 bridgehead atoms. The Morgan fingerprint density at radius 3 is 2.39 bits per heavy atom. The first kappa shape index (κ1) is 15.2. The molecular weight excluding hydrogens is 242 g/mol. The third-order valence-electron chi connectivity index (χ3n) is 2.76. The summed E-state index contributed by atoms with van der Waals surface area (Å²) < 4.78 is 0. The van der Waals surface area contributed by atoms with E-state index >= 15 is 0 Å². The van der Waals surface area contributed by atoms with E-state index in [1.807, 2.05) is 11.4 Å². The van der Waals surface area contributed by atoms with Crippen molar-refractivity contribution in [2.24, 2.45) is 5.41 Å². The van der Waals surface area contributed by atoms with Gasteiger partial charge in [-0.15, -0.1) is 11.3 Å². The summed E-state index contributed by atoms with van der Waals surface area (Å²) in [5.74, 6) is 0.0658. The van der Waals surface area contributed by atoms with Gasteiger partial charge in [-0.25, -0.2) is 0 Å². The average Bonchev–Trinajstić information content (AvgIpc) is 2.59. The summed E-state index contributed by atoms with van der Waals surface area (Å²) in [6, 6.07) is 2.04. The topological polar surface area (TPSA) is 29.1 Å². The van der Waals surface area contributed by atoms with Gasteiger partial charge in [-0.05, 0) is 49.1 Å². The third kappa shape index (κ3) is 4.45. The molecule has 3 heteroatoms. The highest BCUT2D eigenvalue weighted by molar-refractivity contribution is 7.12. The zero-order valence-electron chi connectivity index (χ0n) is 12.4. The molecule has 1 heterocycles. The van der Waals surface area contributed by atoms with Gasteiger partial charge in [-0.3, -0.25) is 4.79 Å². The van der Waals surface area contributed by atoms with Crippen LogP contribution >= 0.6 is 11.3 Å². The fourth-order valence-electron chi connectivity index (χ4n) is 2.55. The predicted molar refractivity (Wildman–Crippen MR) is 79.3 cm³/mol. The highest BCUT2D eigenvalue weighted by atomic mass is 32.1. The molecule has 0 saturated heterocycles. The van der Waals surface area contributed by atoms with Crippen LogP contribution in [0.25, 0.3) is 0 Å². The van der Waals surface area contributed by atoms with E-state index in [2.05, 4.69) is 46.9 Å². The monoisotopic (exact) mass is 267 g/mol. The molecule has 0 radical (unpaired) electrons. The predicted octanol–water partition coefficient (Wildman–Crippen LogP) is 4.26. The Labute approximate surface area is 115 Å². The summed E-state index contributed by atoms with van der Waals surface area (Å²) in [4.78, 5) is 13.1. The molecule has 1 rings (SSSR count). The minimum Gasteiger partial charge on any atom is -0.346 e. The smallest absolute Gasteiger partial charge is 0.262 e. The summed E-state index contributed by atoms with van der Waals surface area (Å²) in [5, 5.41) is 5.15. The molecule has 0 saturated carbocycles. The molecule has 1 N–H and O–H groups in total. The van der Waals surface area contributed by atoms with Crippen LogP contribution in [0, 0.1) is 5.41 Å². The minimum absolute atomic E-state index is 0.0658. The van der Waals surface area contributed by atoms with E-state index in [9.17, 15) is 4.79 Å². The van der Waals surface area contributed by atoms with Crippen LogP contribution in [0.1, 0.15) is 63.2 Å². The molecule has 0 unspecified atom stereocenters. The van der Waals surface area contributed by atoms with Crippen molar-refractivity contribution < 1.29 is 4.79 Å². The van der Waals surface area contributed by atoms with Crippen LogP contribution in [-0.2, 0) is 6.42 Å². The summed E-state index contributed by atoms with van der Waals surface area (Å²) in [7, 11) is 0. The molecule has 0 atom stereocenters. The molecule has 0 aliphatic carbocycles. The second-order valence-corrected chi connectivity index (χ2v) is 7.62. The van der Waals surface area contributed by atoms with Gasteiger partial charge in [0, 0.05) is 5.54 Å². The molecule has 1 aromatic heterocycles. The minimum atomic E-state index is -0.176. The molecule has 0 aromatic carbocycles. The molecule has 0 aliphatic heterocycles. The number of rotatable bonds is 4. The number of amides is 1. The van der Waals surface area contributed by atoms with Crippen molar-refractivity contribution in [3.8, 4) is 0 Å². The van der Waals surface area contributed by atoms with Crippen molar-refractivity contribution in [1.29, 1.82) is 0 Å². The van der Waals surface area contributed by atoms with Crippen molar-refractivity contribution in [1.82, 2.24) is 5.32 Å². The lowest BCUT2D eigenvalue weighted by Gasteiger charge is -2.33. The van der Waals surface area contributed by atoms with Gasteiger partial charge in [0.15, 0.2) is 0 Å². The maximum atomic E-state index is 12.3. The van der Waals surface area contributed by atoms with Gasteiger partial charge in [0.2, 0.25) is 0 Å². The van der Waals surface area contributed by atoms with Crippen molar-refractivity contribution >= 4 is 17.2 Å². The highest BCUT2D eigenvalue weighted by Crippen LogP contribution is 2.27. The second kappa shape index (κ2) is 5.43. The Bertz CT molecular complexity index is 412. The van der Waals surface area contributed by atoms with E-state index in [-0.39, 0.29) is 16.9 Å². The van der Waals surface area contributed by atoms with Gasteiger partial charge in [0.25, 0.3) is 5.91 Å². The normalized spacial score (nSPS) is 12.6. The summed E-state index contributed by atoms with van der Waals surface area (Å²) in [6.07, 6.45) is 1.87. The highest BCUT2D eigenvalue weighted by Gasteiger charge is 2.28. The first-order chi connectivity index (χ1) is 8.14. The van der Waals surface area contributed by atoms with Gasteiger partial charge >= 0.3 is 0 Å². The zero-order chi connectivity index (χ0) is 14.0. The fraction of sp³-hybridized carbons (Fsp3) is 0.667. The third-order valence-corrected chi connectivity index (χ3v) is 3.71. The Morgan fingerprint density at radius 1 is 1.28 bits per heavy atom. The second-order valence-electron chi connectivity index (χ2n) is 6.70. The first-order valence-corrected chi connectivity index (χ1v) is 7.41. The van der Waals surface area contributed by atoms with Crippen molar-refractivity contribution in [2.45, 2.75) is 59.9 Å². The van der Waals surface area contributed by atoms with Crippen LogP contribution < -0.4 is 5.32 Å². The SMILES string of the molecule is CCc1ccsc1C(=O)NC(C)(C)CC(C)(C)C. The number of carbonyl (C=O) groups is 1. The molecule has 18 heavy (non-hydrogen) atoms. The van der Waals surface area contributed by atoms with Gasteiger partial charge in [-0.2, -0.15) is 0 Å².